The van der Waals surface area contributed by atoms with Gasteiger partial charge in [-0.15, -0.1) is 0 Å². The zero-order valence-electron chi connectivity index (χ0n) is 34.2. The number of benzene rings is 2. The fourth-order valence-corrected chi connectivity index (χ4v) is 10.3. The molecule has 3 amide bonds. The van der Waals surface area contributed by atoms with Crippen molar-refractivity contribution < 1.29 is 31.2 Å². The zero-order chi connectivity index (χ0) is 43.9. The van der Waals surface area contributed by atoms with Crippen molar-refractivity contribution in [2.75, 3.05) is 49.5 Å². The van der Waals surface area contributed by atoms with Crippen molar-refractivity contribution in [1.29, 1.82) is 5.26 Å². The first-order chi connectivity index (χ1) is 29.6. The highest BCUT2D eigenvalue weighted by molar-refractivity contribution is 7.89. The van der Waals surface area contributed by atoms with Crippen LogP contribution < -0.4 is 21.1 Å². The number of halogens is 3. The van der Waals surface area contributed by atoms with Crippen LogP contribution in [0, 0.1) is 17.2 Å². The van der Waals surface area contributed by atoms with E-state index in [1.54, 1.807) is 43.6 Å². The fourth-order valence-electron chi connectivity index (χ4n) is 8.81. The second-order valence-electron chi connectivity index (χ2n) is 16.5. The fraction of sp³-hybridized carbons (Fsp3) is 0.452. The number of rotatable bonds is 11. The number of urea groups is 1. The number of aryl methyl sites for hydroxylation is 1. The quantitative estimate of drug-likeness (QED) is 0.184. The first kappa shape index (κ1) is 42.8. The summed E-state index contributed by atoms with van der Waals surface area (Å²) in [6.07, 6.45) is 0.158. The van der Waals surface area contributed by atoms with Crippen molar-refractivity contribution in [2.24, 2.45) is 13.0 Å². The number of nitriles is 1. The van der Waals surface area contributed by atoms with E-state index in [0.29, 0.717) is 53.9 Å². The lowest BCUT2D eigenvalue weighted by Gasteiger charge is -2.34. The number of hydrogen-bond acceptors (Lipinski definition) is 11. The maximum Gasteiger partial charge on any atom is 0.408 e. The number of nitrogens with one attached hydrogen (secondary N) is 2. The molecule has 3 saturated heterocycles. The molecule has 0 spiro atoms. The Morgan fingerprint density at radius 3 is 2.45 bits per heavy atom. The lowest BCUT2D eigenvalue weighted by molar-refractivity contribution is -0.141. The highest BCUT2D eigenvalue weighted by Gasteiger charge is 2.34. The number of nitrogens with zero attached hydrogens (tertiary/aromatic N) is 9. The molecule has 3 aliphatic heterocycles. The first-order valence-electron chi connectivity index (χ1n) is 20.6. The van der Waals surface area contributed by atoms with Crippen LogP contribution in [-0.2, 0) is 34.8 Å². The molecule has 20 heteroatoms. The number of fused-ring (bicyclic) bond motifs is 2. The monoisotopic (exact) mass is 873 g/mol. The van der Waals surface area contributed by atoms with E-state index in [1.165, 1.54) is 25.9 Å². The number of pyridine rings is 1. The summed E-state index contributed by atoms with van der Waals surface area (Å²) in [7, 11) is -2.21. The van der Waals surface area contributed by atoms with Crippen LogP contribution in [-0.4, -0.2) is 105 Å². The Bertz CT molecular complexity index is 2750. The van der Waals surface area contributed by atoms with Gasteiger partial charge in [0.25, 0.3) is 5.56 Å². The molecule has 5 aromatic rings. The Morgan fingerprint density at radius 2 is 1.74 bits per heavy atom. The Kier molecular flexibility index (Phi) is 11.8. The van der Waals surface area contributed by atoms with Gasteiger partial charge < -0.3 is 10.2 Å². The molecule has 1 atom stereocenters. The maximum atomic E-state index is 13.9. The van der Waals surface area contributed by atoms with Gasteiger partial charge in [0.15, 0.2) is 5.82 Å². The van der Waals surface area contributed by atoms with Gasteiger partial charge in [0, 0.05) is 68.7 Å². The third-order valence-corrected chi connectivity index (χ3v) is 14.0. The summed E-state index contributed by atoms with van der Waals surface area (Å²) < 4.78 is 72.5. The second kappa shape index (κ2) is 17.1. The molecule has 16 nitrogen and oxygen atoms in total. The van der Waals surface area contributed by atoms with E-state index >= 15 is 0 Å². The Hall–Kier alpha value is -5.91. The zero-order valence-corrected chi connectivity index (χ0v) is 35.0. The van der Waals surface area contributed by atoms with Crippen LogP contribution in [0.25, 0.3) is 21.9 Å². The minimum atomic E-state index is -4.55. The largest absolute Gasteiger partial charge is 0.408 e. The SMILES string of the molecule is CC(Cc1cc(S(=O)(=O)N2CCC(Nc3ncc4ccc(=O)n(C)c4n3)CC2)ccc1C#N)CN1CCC(c2ccc3c(N4CCC(=O)NC4=O)nn(CC(F)(F)F)c3c2)CC1. The van der Waals surface area contributed by atoms with E-state index in [2.05, 4.69) is 43.6 Å². The molecule has 3 fully saturated rings. The number of piperidine rings is 2. The van der Waals surface area contributed by atoms with Gasteiger partial charge in [-0.3, -0.25) is 29.1 Å². The van der Waals surface area contributed by atoms with Gasteiger partial charge >= 0.3 is 12.2 Å². The number of carbonyl (C=O) groups is 2. The van der Waals surface area contributed by atoms with Crippen molar-refractivity contribution in [3.63, 3.8) is 0 Å². The number of amides is 3. The van der Waals surface area contributed by atoms with Crippen LogP contribution >= 0.6 is 0 Å². The number of anilines is 2. The summed E-state index contributed by atoms with van der Waals surface area (Å²) >= 11 is 0. The van der Waals surface area contributed by atoms with Gasteiger partial charge in [-0.25, -0.2) is 18.2 Å². The number of aromatic nitrogens is 5. The molecule has 8 rings (SSSR count). The van der Waals surface area contributed by atoms with E-state index < -0.39 is 34.7 Å². The van der Waals surface area contributed by atoms with Crippen LogP contribution in [0.15, 0.2) is 64.4 Å². The molecule has 326 valence electrons. The molecular formula is C42H46F3N11O5S. The number of likely N-dealkylation sites (tertiary alicyclic amines) is 1. The third-order valence-electron chi connectivity index (χ3n) is 12.1. The molecule has 0 radical (unpaired) electrons. The number of hydrogen-bond donors (Lipinski definition) is 2. The standard InChI is InChI=1S/C42H46F3N11O5S/c1-26(24-53-14-9-27(10-15-53)28-4-7-34-35(21-28)56(25-42(43,44)45)51-39(34)55-18-13-36(57)49-41(55)59)19-31-20-33(6-3-29(31)22-46)62(60,61)54-16-11-32(12-17-54)48-40-47-23-30-5-8-37(58)52(2)38(30)50-40/h3-8,20-21,23,26-27,32H,9-19,24-25H2,1-2H3,(H,47,48,50)(H,49,57,59). The van der Waals surface area contributed by atoms with Crippen LogP contribution in [0.2, 0.25) is 0 Å². The highest BCUT2D eigenvalue weighted by atomic mass is 32.2. The molecule has 3 aliphatic rings. The van der Waals surface area contributed by atoms with Gasteiger partial charge in [-0.2, -0.15) is 32.8 Å². The van der Waals surface area contributed by atoms with Gasteiger partial charge in [0.2, 0.25) is 21.9 Å². The lowest BCUT2D eigenvalue weighted by Crippen LogP contribution is -2.49. The molecule has 6 heterocycles. The third kappa shape index (κ3) is 9.01. The average Bonchev–Trinajstić information content (AvgIpc) is 3.58. The minimum absolute atomic E-state index is 0.0130. The predicted molar refractivity (Wildman–Crippen MR) is 224 cm³/mol. The minimum Gasteiger partial charge on any atom is -0.351 e. The first-order valence-corrected chi connectivity index (χ1v) is 22.0. The predicted octanol–water partition coefficient (Wildman–Crippen LogP) is 4.88. The van der Waals surface area contributed by atoms with Gasteiger partial charge in [-0.05, 0) is 105 Å². The molecular weight excluding hydrogens is 828 g/mol. The Balaban J connectivity index is 0.879. The summed E-state index contributed by atoms with van der Waals surface area (Å²) in [4.78, 5) is 48.9. The number of sulfonamides is 1. The number of imide groups is 1. The van der Waals surface area contributed by atoms with Gasteiger partial charge in [-0.1, -0.05) is 13.0 Å². The number of alkyl halides is 3. The van der Waals surface area contributed by atoms with E-state index in [0.717, 1.165) is 41.6 Å². The van der Waals surface area contributed by atoms with Crippen molar-refractivity contribution in [3.05, 3.63) is 81.8 Å². The summed E-state index contributed by atoms with van der Waals surface area (Å²) in [5.41, 5.74) is 2.54. The number of carbonyl (C=O) groups excluding carboxylic acids is 2. The average molecular weight is 874 g/mol. The van der Waals surface area contributed by atoms with Gasteiger partial charge in [0.1, 0.15) is 12.2 Å². The molecule has 0 aliphatic carbocycles. The molecule has 62 heavy (non-hydrogen) atoms. The van der Waals surface area contributed by atoms with Crippen LogP contribution in [0.5, 0.6) is 0 Å². The van der Waals surface area contributed by atoms with E-state index in [1.807, 2.05) is 6.07 Å². The van der Waals surface area contributed by atoms with Crippen molar-refractivity contribution in [3.8, 4) is 6.07 Å². The van der Waals surface area contributed by atoms with Crippen molar-refractivity contribution in [1.82, 2.24) is 38.8 Å². The van der Waals surface area contributed by atoms with Crippen molar-refractivity contribution >= 4 is 55.7 Å². The summed E-state index contributed by atoms with van der Waals surface area (Å²) in [5, 5.41) is 20.8. The molecule has 0 saturated carbocycles. The van der Waals surface area contributed by atoms with Crippen molar-refractivity contribution in [2.45, 2.75) is 75.0 Å². The highest BCUT2D eigenvalue weighted by Crippen LogP contribution is 2.35. The maximum absolute atomic E-state index is 13.9. The normalized spacial score (nSPS) is 18.3. The van der Waals surface area contributed by atoms with Crippen LogP contribution in [0.3, 0.4) is 0 Å². The molecule has 2 aromatic carbocycles. The summed E-state index contributed by atoms with van der Waals surface area (Å²) in [5.74, 6) is 0.144. The van der Waals surface area contributed by atoms with E-state index in [-0.39, 0.29) is 65.7 Å². The molecule has 2 N–H and O–H groups in total. The second-order valence-corrected chi connectivity index (χ2v) is 18.4. The topological polar surface area (TPSA) is 191 Å². The summed E-state index contributed by atoms with van der Waals surface area (Å²) in [6, 6.07) is 14.5. The smallest absolute Gasteiger partial charge is 0.351 e. The van der Waals surface area contributed by atoms with Crippen LogP contribution in [0.1, 0.15) is 61.6 Å². The van der Waals surface area contributed by atoms with E-state index in [9.17, 15) is 41.2 Å². The molecule has 0 bridgehead atoms. The summed E-state index contributed by atoms with van der Waals surface area (Å²) in [6.45, 7) is 3.48. The van der Waals surface area contributed by atoms with Crippen LogP contribution in [0.4, 0.5) is 29.7 Å². The Morgan fingerprint density at radius 1 is 0.984 bits per heavy atom. The lowest BCUT2D eigenvalue weighted by atomic mass is 9.88. The molecule has 1 unspecified atom stereocenters. The molecule has 3 aromatic heterocycles. The van der Waals surface area contributed by atoms with Gasteiger partial charge in [0.05, 0.1) is 22.0 Å². The Labute approximate surface area is 355 Å². The van der Waals surface area contributed by atoms with E-state index in [4.69, 9.17) is 0 Å².